The van der Waals surface area contributed by atoms with Gasteiger partial charge in [-0.05, 0) is 67.0 Å². The number of nitrogens with two attached hydrogens (primary N) is 1. The number of carbonyl (C=O) groups excluding carboxylic acids is 3. The van der Waals surface area contributed by atoms with E-state index in [9.17, 15) is 14.4 Å². The number of benzene rings is 2. The topological polar surface area (TPSA) is 111 Å². The van der Waals surface area contributed by atoms with E-state index in [0.717, 1.165) is 12.0 Å². The highest BCUT2D eigenvalue weighted by Gasteiger charge is 2.34. The molecule has 3 rings (SSSR count). The predicted molar refractivity (Wildman–Crippen MR) is 124 cm³/mol. The summed E-state index contributed by atoms with van der Waals surface area (Å²) in [6.07, 6.45) is 2.31. The number of nitrogens with zero attached hydrogens (tertiary/aromatic N) is 1. The Balaban J connectivity index is 1.94. The Hall–Kier alpha value is -3.72. The van der Waals surface area contributed by atoms with E-state index < -0.39 is 17.7 Å². The summed E-state index contributed by atoms with van der Waals surface area (Å²) in [4.78, 5) is 38.0. The van der Waals surface area contributed by atoms with Gasteiger partial charge in [0.2, 0.25) is 0 Å². The Morgan fingerprint density at radius 1 is 1.09 bits per heavy atom. The number of carbonyl (C=O) groups is 3. The molecule has 3 N–H and O–H groups in total. The number of thiocarbonyl (C=S) groups is 1. The number of hydrogen-bond acceptors (Lipinski definition) is 6. The molecule has 0 aliphatic carbocycles. The third-order valence-electron chi connectivity index (χ3n) is 4.65. The minimum Gasteiger partial charge on any atom is -0.490 e. The largest absolute Gasteiger partial charge is 0.490 e. The smallest absolute Gasteiger partial charge is 0.270 e. The maximum absolute atomic E-state index is 13.2. The highest BCUT2D eigenvalue weighted by molar-refractivity contribution is 7.80. The molecule has 0 spiro atoms. The predicted octanol–water partition coefficient (Wildman–Crippen LogP) is 2.34. The van der Waals surface area contributed by atoms with Gasteiger partial charge in [0.25, 0.3) is 17.7 Å². The summed E-state index contributed by atoms with van der Waals surface area (Å²) in [5.41, 5.74) is 7.26. The molecule has 1 heterocycles. The average Bonchev–Trinajstić information content (AvgIpc) is 2.76. The van der Waals surface area contributed by atoms with Crippen molar-refractivity contribution in [3.63, 3.8) is 0 Å². The van der Waals surface area contributed by atoms with Gasteiger partial charge in [0.15, 0.2) is 23.2 Å². The van der Waals surface area contributed by atoms with Gasteiger partial charge in [-0.3, -0.25) is 24.6 Å². The van der Waals surface area contributed by atoms with Crippen LogP contribution in [0.4, 0.5) is 5.69 Å². The summed E-state index contributed by atoms with van der Waals surface area (Å²) in [6.45, 7) is 3.88. The summed E-state index contributed by atoms with van der Waals surface area (Å²) in [6, 6.07) is 12.2. The summed E-state index contributed by atoms with van der Waals surface area (Å²) in [5, 5.41) is 2.58. The van der Waals surface area contributed by atoms with E-state index >= 15 is 0 Å². The first-order valence-corrected chi connectivity index (χ1v) is 10.4. The van der Waals surface area contributed by atoms with E-state index in [2.05, 4.69) is 5.32 Å². The lowest BCUT2D eigenvalue weighted by molar-refractivity contribution is -0.122. The molecule has 0 bridgehead atoms. The average molecular weight is 454 g/mol. The van der Waals surface area contributed by atoms with Gasteiger partial charge in [-0.15, -0.1) is 0 Å². The van der Waals surface area contributed by atoms with Crippen LogP contribution in [0.2, 0.25) is 0 Å². The highest BCUT2D eigenvalue weighted by Crippen LogP contribution is 2.30. The summed E-state index contributed by atoms with van der Waals surface area (Å²) >= 11 is 5.24. The molecule has 1 fully saturated rings. The Kier molecular flexibility index (Phi) is 7.21. The molecule has 9 heteroatoms. The van der Waals surface area contributed by atoms with Gasteiger partial charge in [-0.2, -0.15) is 0 Å². The zero-order chi connectivity index (χ0) is 23.3. The van der Waals surface area contributed by atoms with Crippen LogP contribution in [0.3, 0.4) is 0 Å². The third kappa shape index (κ3) is 5.12. The van der Waals surface area contributed by atoms with E-state index in [1.165, 1.54) is 11.0 Å². The van der Waals surface area contributed by atoms with Crippen molar-refractivity contribution >= 4 is 46.8 Å². The van der Waals surface area contributed by atoms with Gasteiger partial charge in [-0.25, -0.2) is 0 Å². The first kappa shape index (κ1) is 23.0. The van der Waals surface area contributed by atoms with E-state index in [1.807, 2.05) is 19.1 Å². The van der Waals surface area contributed by atoms with E-state index in [-0.39, 0.29) is 17.3 Å². The van der Waals surface area contributed by atoms with Gasteiger partial charge < -0.3 is 15.2 Å². The number of amides is 3. The van der Waals surface area contributed by atoms with Crippen molar-refractivity contribution < 1.29 is 23.9 Å². The fourth-order valence-electron chi connectivity index (χ4n) is 3.09. The molecular weight excluding hydrogens is 430 g/mol. The second kappa shape index (κ2) is 10.1. The number of aryl methyl sites for hydroxylation is 1. The second-order valence-electron chi connectivity index (χ2n) is 6.87. The summed E-state index contributed by atoms with van der Waals surface area (Å²) in [7, 11) is 0. The molecule has 2 aromatic carbocycles. The molecule has 8 nitrogen and oxygen atoms in total. The SMILES string of the molecule is CCOc1cc(C=C2C(=O)NC(=S)N(c3ccc(CC)cc3)C2=O)ccc1OCC(N)=O. The number of primary amides is 1. The molecule has 0 saturated carbocycles. The molecule has 1 aliphatic heterocycles. The maximum atomic E-state index is 13.2. The lowest BCUT2D eigenvalue weighted by atomic mass is 10.1. The number of ether oxygens (including phenoxy) is 2. The molecule has 0 radical (unpaired) electrons. The van der Waals surface area contributed by atoms with Gasteiger partial charge in [-0.1, -0.05) is 25.1 Å². The minimum absolute atomic E-state index is 0.0200. The number of rotatable bonds is 8. The Labute approximate surface area is 191 Å². The second-order valence-corrected chi connectivity index (χ2v) is 7.26. The van der Waals surface area contributed by atoms with Gasteiger partial charge in [0.05, 0.1) is 12.3 Å². The molecule has 1 saturated heterocycles. The maximum Gasteiger partial charge on any atom is 0.270 e. The van der Waals surface area contributed by atoms with Crippen molar-refractivity contribution in [3.05, 3.63) is 59.2 Å². The van der Waals surface area contributed by atoms with Crippen LogP contribution in [0.15, 0.2) is 48.0 Å². The first-order chi connectivity index (χ1) is 15.3. The highest BCUT2D eigenvalue weighted by atomic mass is 32.1. The lowest BCUT2D eigenvalue weighted by Gasteiger charge is -2.29. The monoisotopic (exact) mass is 453 g/mol. The molecule has 0 aromatic heterocycles. The quantitative estimate of drug-likeness (QED) is 0.361. The molecule has 166 valence electrons. The Morgan fingerprint density at radius 3 is 2.44 bits per heavy atom. The van der Waals surface area contributed by atoms with Crippen LogP contribution in [0.25, 0.3) is 6.08 Å². The molecule has 0 unspecified atom stereocenters. The normalized spacial score (nSPS) is 15.0. The van der Waals surface area contributed by atoms with Crippen LogP contribution in [-0.4, -0.2) is 36.0 Å². The lowest BCUT2D eigenvalue weighted by Crippen LogP contribution is -2.54. The van der Waals surface area contributed by atoms with E-state index in [1.54, 1.807) is 37.3 Å². The third-order valence-corrected chi connectivity index (χ3v) is 4.94. The van der Waals surface area contributed by atoms with Crippen LogP contribution >= 0.6 is 12.2 Å². The molecule has 0 atom stereocenters. The van der Waals surface area contributed by atoms with Gasteiger partial charge in [0.1, 0.15) is 5.57 Å². The van der Waals surface area contributed by atoms with Crippen LogP contribution in [0.1, 0.15) is 25.0 Å². The molecule has 2 aromatic rings. The number of hydrogen-bond donors (Lipinski definition) is 2. The number of nitrogens with one attached hydrogen (secondary N) is 1. The fourth-order valence-corrected chi connectivity index (χ4v) is 3.37. The zero-order valence-electron chi connectivity index (χ0n) is 17.7. The minimum atomic E-state index is -0.619. The fraction of sp³-hybridized carbons (Fsp3) is 0.217. The van der Waals surface area contributed by atoms with E-state index in [0.29, 0.717) is 29.4 Å². The summed E-state index contributed by atoms with van der Waals surface area (Å²) in [5.74, 6) is -1.06. The van der Waals surface area contributed by atoms with Crippen molar-refractivity contribution in [2.75, 3.05) is 18.1 Å². The first-order valence-electron chi connectivity index (χ1n) is 10.0. The zero-order valence-corrected chi connectivity index (χ0v) is 18.5. The Morgan fingerprint density at radius 2 is 1.81 bits per heavy atom. The van der Waals surface area contributed by atoms with Crippen LogP contribution in [0, 0.1) is 0 Å². The van der Waals surface area contributed by atoms with Crippen molar-refractivity contribution in [3.8, 4) is 11.5 Å². The van der Waals surface area contributed by atoms with E-state index in [4.69, 9.17) is 27.4 Å². The molecule has 3 amide bonds. The van der Waals surface area contributed by atoms with Crippen molar-refractivity contribution in [1.29, 1.82) is 0 Å². The van der Waals surface area contributed by atoms with Gasteiger partial charge in [0, 0.05) is 0 Å². The number of anilines is 1. The summed E-state index contributed by atoms with van der Waals surface area (Å²) < 4.78 is 10.9. The van der Waals surface area contributed by atoms with Crippen molar-refractivity contribution in [2.24, 2.45) is 5.73 Å². The van der Waals surface area contributed by atoms with Crippen molar-refractivity contribution in [2.45, 2.75) is 20.3 Å². The van der Waals surface area contributed by atoms with Crippen LogP contribution in [-0.2, 0) is 20.8 Å². The van der Waals surface area contributed by atoms with Crippen molar-refractivity contribution in [1.82, 2.24) is 5.32 Å². The van der Waals surface area contributed by atoms with Gasteiger partial charge >= 0.3 is 0 Å². The standard InChI is InChI=1S/C23H23N3O5S/c1-3-14-5-8-16(9-6-14)26-22(29)17(21(28)25-23(26)32)11-15-7-10-18(31-13-20(24)27)19(12-15)30-4-2/h5-12H,3-4,13H2,1-2H3,(H2,24,27)(H,25,28,32). The van der Waals surface area contributed by atoms with Crippen LogP contribution in [0.5, 0.6) is 11.5 Å². The Bertz CT molecular complexity index is 1100. The molecule has 32 heavy (non-hydrogen) atoms. The van der Waals surface area contributed by atoms with Crippen LogP contribution < -0.4 is 25.4 Å². The molecule has 1 aliphatic rings. The molecular formula is C23H23N3O5S.